The lowest BCUT2D eigenvalue weighted by molar-refractivity contribution is 0.585. The molecular formula is C15H8BrF2NS. The number of hydrogen-bond acceptors (Lipinski definition) is 2. The van der Waals surface area contributed by atoms with E-state index in [1.807, 2.05) is 24.3 Å². The Hall–Kier alpha value is -1.59. The average molecular weight is 352 g/mol. The van der Waals surface area contributed by atoms with Crippen molar-refractivity contribution in [2.75, 3.05) is 0 Å². The van der Waals surface area contributed by atoms with E-state index >= 15 is 0 Å². The maximum Gasteiger partial charge on any atom is 0.135 e. The fourth-order valence-electron chi connectivity index (χ4n) is 1.85. The van der Waals surface area contributed by atoms with Crippen molar-refractivity contribution in [2.24, 2.45) is 0 Å². The van der Waals surface area contributed by atoms with Crippen LogP contribution in [-0.2, 0) is 0 Å². The van der Waals surface area contributed by atoms with Crippen LogP contribution in [0.1, 0.15) is 0 Å². The summed E-state index contributed by atoms with van der Waals surface area (Å²) in [5, 5.41) is 2.57. The van der Waals surface area contributed by atoms with Gasteiger partial charge in [-0.05, 0) is 24.3 Å². The summed E-state index contributed by atoms with van der Waals surface area (Å²) in [5.74, 6) is -1.19. The van der Waals surface area contributed by atoms with Crippen LogP contribution in [0.5, 0.6) is 0 Å². The van der Waals surface area contributed by atoms with Crippen molar-refractivity contribution in [1.29, 1.82) is 0 Å². The van der Waals surface area contributed by atoms with Crippen LogP contribution in [0, 0.1) is 11.6 Å². The molecule has 1 nitrogen and oxygen atoms in total. The van der Waals surface area contributed by atoms with Gasteiger partial charge in [-0.3, -0.25) is 0 Å². The molecule has 3 aromatic rings. The molecule has 5 heteroatoms. The molecule has 0 unspecified atom stereocenters. The second-order valence-corrected chi connectivity index (χ2v) is 5.95. The van der Waals surface area contributed by atoms with Crippen molar-refractivity contribution >= 4 is 27.3 Å². The normalized spacial score (nSPS) is 10.8. The van der Waals surface area contributed by atoms with E-state index < -0.39 is 11.6 Å². The van der Waals surface area contributed by atoms with E-state index in [-0.39, 0.29) is 0 Å². The van der Waals surface area contributed by atoms with Gasteiger partial charge in [-0.1, -0.05) is 28.1 Å². The molecule has 0 aliphatic heterocycles. The second kappa shape index (κ2) is 5.42. The third kappa shape index (κ3) is 2.64. The molecule has 2 aromatic carbocycles. The first kappa shape index (κ1) is 13.4. The van der Waals surface area contributed by atoms with Crippen molar-refractivity contribution in [1.82, 2.24) is 4.98 Å². The molecule has 0 radical (unpaired) electrons. The molecule has 3 rings (SSSR count). The molecule has 1 aromatic heterocycles. The fraction of sp³-hybridized carbons (Fsp3) is 0. The van der Waals surface area contributed by atoms with Gasteiger partial charge in [-0.25, -0.2) is 13.8 Å². The maximum atomic E-state index is 13.7. The van der Waals surface area contributed by atoms with Gasteiger partial charge in [0.15, 0.2) is 0 Å². The van der Waals surface area contributed by atoms with Crippen molar-refractivity contribution < 1.29 is 8.78 Å². The van der Waals surface area contributed by atoms with Crippen molar-refractivity contribution in [3.05, 3.63) is 64.0 Å². The molecule has 0 saturated carbocycles. The van der Waals surface area contributed by atoms with Gasteiger partial charge in [0.2, 0.25) is 0 Å². The Morgan fingerprint density at radius 1 is 1.05 bits per heavy atom. The van der Waals surface area contributed by atoms with Crippen LogP contribution in [-0.4, -0.2) is 4.98 Å². The van der Waals surface area contributed by atoms with Crippen LogP contribution in [0.4, 0.5) is 8.78 Å². The Morgan fingerprint density at radius 3 is 2.65 bits per heavy atom. The number of benzene rings is 2. The summed E-state index contributed by atoms with van der Waals surface area (Å²) in [7, 11) is 0. The number of hydrogen-bond donors (Lipinski definition) is 0. The Bertz CT molecular complexity index is 770. The molecule has 0 aliphatic carbocycles. The average Bonchev–Trinajstić information content (AvgIpc) is 2.88. The van der Waals surface area contributed by atoms with E-state index in [9.17, 15) is 8.78 Å². The number of thiazole rings is 1. The lowest BCUT2D eigenvalue weighted by Gasteiger charge is -1.99. The van der Waals surface area contributed by atoms with Crippen LogP contribution < -0.4 is 0 Å². The summed E-state index contributed by atoms with van der Waals surface area (Å²) < 4.78 is 27.6. The molecule has 0 fully saturated rings. The molecule has 0 aliphatic rings. The summed E-state index contributed by atoms with van der Waals surface area (Å²) in [6.45, 7) is 0. The maximum absolute atomic E-state index is 13.7. The molecule has 0 spiro atoms. The van der Waals surface area contributed by atoms with E-state index in [4.69, 9.17) is 0 Å². The molecule has 0 amide bonds. The van der Waals surface area contributed by atoms with E-state index in [0.717, 1.165) is 21.1 Å². The van der Waals surface area contributed by atoms with Gasteiger partial charge in [-0.2, -0.15) is 0 Å². The largest absolute Gasteiger partial charge is 0.236 e. The molecule has 0 saturated heterocycles. The Balaban J connectivity index is 2.02. The van der Waals surface area contributed by atoms with Crippen LogP contribution in [0.3, 0.4) is 0 Å². The lowest BCUT2D eigenvalue weighted by atomic mass is 10.1. The monoisotopic (exact) mass is 351 g/mol. The van der Waals surface area contributed by atoms with Gasteiger partial charge in [0.25, 0.3) is 0 Å². The zero-order chi connectivity index (χ0) is 14.1. The summed E-state index contributed by atoms with van der Waals surface area (Å²) in [6.07, 6.45) is 0. The highest BCUT2D eigenvalue weighted by Gasteiger charge is 2.11. The highest BCUT2D eigenvalue weighted by molar-refractivity contribution is 9.10. The number of halogens is 3. The van der Waals surface area contributed by atoms with Crippen LogP contribution >= 0.6 is 27.3 Å². The van der Waals surface area contributed by atoms with E-state index in [1.165, 1.54) is 23.5 Å². The predicted molar refractivity (Wildman–Crippen MR) is 80.6 cm³/mol. The van der Waals surface area contributed by atoms with Gasteiger partial charge in [0, 0.05) is 27.0 Å². The van der Waals surface area contributed by atoms with E-state index in [1.54, 1.807) is 5.38 Å². The summed E-state index contributed by atoms with van der Waals surface area (Å²) >= 11 is 4.83. The Kier molecular flexibility index (Phi) is 3.63. The first-order valence-electron chi connectivity index (χ1n) is 5.80. The Morgan fingerprint density at radius 2 is 1.90 bits per heavy atom. The first-order chi connectivity index (χ1) is 9.63. The quantitative estimate of drug-likeness (QED) is 0.592. The molecule has 1 heterocycles. The topological polar surface area (TPSA) is 12.9 Å². The Labute approximate surface area is 127 Å². The van der Waals surface area contributed by atoms with Crippen molar-refractivity contribution in [2.45, 2.75) is 0 Å². The first-order valence-corrected chi connectivity index (χ1v) is 7.47. The van der Waals surface area contributed by atoms with Crippen LogP contribution in [0.15, 0.2) is 52.3 Å². The van der Waals surface area contributed by atoms with Gasteiger partial charge in [0.1, 0.15) is 16.6 Å². The summed E-state index contributed by atoms with van der Waals surface area (Å²) in [4.78, 5) is 4.42. The zero-order valence-electron chi connectivity index (χ0n) is 10.1. The molecule has 0 bridgehead atoms. The fourth-order valence-corrected chi connectivity index (χ4v) is 3.07. The van der Waals surface area contributed by atoms with Crippen molar-refractivity contribution in [3.63, 3.8) is 0 Å². The minimum atomic E-state index is -0.601. The third-order valence-electron chi connectivity index (χ3n) is 2.78. The van der Waals surface area contributed by atoms with Crippen LogP contribution in [0.25, 0.3) is 21.8 Å². The van der Waals surface area contributed by atoms with E-state index in [0.29, 0.717) is 11.3 Å². The number of rotatable bonds is 2. The number of aromatic nitrogens is 1. The molecule has 20 heavy (non-hydrogen) atoms. The minimum Gasteiger partial charge on any atom is -0.236 e. The molecule has 0 N–H and O–H groups in total. The molecule has 0 atom stereocenters. The van der Waals surface area contributed by atoms with E-state index in [2.05, 4.69) is 20.9 Å². The van der Waals surface area contributed by atoms with Gasteiger partial charge >= 0.3 is 0 Å². The van der Waals surface area contributed by atoms with Gasteiger partial charge < -0.3 is 0 Å². The number of nitrogens with zero attached hydrogens (tertiary/aromatic N) is 1. The highest BCUT2D eigenvalue weighted by atomic mass is 79.9. The molecule has 100 valence electrons. The SMILES string of the molecule is Fc1ccc(-c2csc(-c3cccc(Br)c3)n2)c(F)c1. The van der Waals surface area contributed by atoms with Crippen molar-refractivity contribution in [3.8, 4) is 21.8 Å². The van der Waals surface area contributed by atoms with Crippen LogP contribution in [0.2, 0.25) is 0 Å². The zero-order valence-corrected chi connectivity index (χ0v) is 12.5. The predicted octanol–water partition coefficient (Wildman–Crippen LogP) is 5.52. The third-order valence-corrected chi connectivity index (χ3v) is 4.17. The molecular weight excluding hydrogens is 344 g/mol. The highest BCUT2D eigenvalue weighted by Crippen LogP contribution is 2.31. The summed E-state index contributed by atoms with van der Waals surface area (Å²) in [6, 6.07) is 11.2. The smallest absolute Gasteiger partial charge is 0.135 e. The summed E-state index contributed by atoms with van der Waals surface area (Å²) in [5.41, 5.74) is 1.78. The van der Waals surface area contributed by atoms with Gasteiger partial charge in [0.05, 0.1) is 5.69 Å². The standard InChI is InChI=1S/C15H8BrF2NS/c16-10-3-1-2-9(6-10)15-19-14(8-20-15)12-5-4-11(17)7-13(12)18/h1-8H. The lowest BCUT2D eigenvalue weighted by Crippen LogP contribution is -1.86. The minimum absolute atomic E-state index is 0.309. The second-order valence-electron chi connectivity index (χ2n) is 4.17. The van der Waals surface area contributed by atoms with Gasteiger partial charge in [-0.15, -0.1) is 11.3 Å².